The lowest BCUT2D eigenvalue weighted by atomic mass is 10.3. The van der Waals surface area contributed by atoms with E-state index in [4.69, 9.17) is 4.55 Å². The second-order valence-electron chi connectivity index (χ2n) is 3.40. The molecule has 0 amide bonds. The average molecular weight is 311 g/mol. The van der Waals surface area contributed by atoms with Gasteiger partial charge >= 0.3 is 10.4 Å². The molecule has 0 saturated heterocycles. The number of nitrogens with one attached hydrogen (secondary N) is 1. The number of rotatable bonds is 7. The van der Waals surface area contributed by atoms with Gasteiger partial charge in [-0.2, -0.15) is 8.42 Å². The molecule has 0 aromatic heterocycles. The zero-order chi connectivity index (χ0) is 14.5. The van der Waals surface area contributed by atoms with E-state index in [1.165, 1.54) is 31.4 Å². The van der Waals surface area contributed by atoms with E-state index in [0.717, 1.165) is 0 Å². The van der Waals surface area contributed by atoms with E-state index in [-0.39, 0.29) is 4.90 Å². The number of anilines is 1. The minimum atomic E-state index is -4.63. The molecule has 0 aliphatic carbocycles. The summed E-state index contributed by atoms with van der Waals surface area (Å²) in [4.78, 5) is 4.65. The van der Waals surface area contributed by atoms with Gasteiger partial charge in [-0.25, -0.2) is 12.6 Å². The van der Waals surface area contributed by atoms with Crippen LogP contribution in [0.25, 0.3) is 0 Å². The molecule has 0 heterocycles. The molecule has 0 bridgehead atoms. The molecule has 0 fully saturated rings. The summed E-state index contributed by atoms with van der Waals surface area (Å²) in [5.74, 6) is -0.566. The quantitative estimate of drug-likeness (QED) is 0.543. The summed E-state index contributed by atoms with van der Waals surface area (Å²) >= 11 is 0. The van der Waals surface area contributed by atoms with Crippen LogP contribution in [0.5, 0.6) is 0 Å². The van der Waals surface area contributed by atoms with Crippen molar-refractivity contribution in [2.24, 2.45) is 0 Å². The zero-order valence-corrected chi connectivity index (χ0v) is 11.6. The molecule has 108 valence electrons. The Morgan fingerprint density at radius 1 is 1.16 bits per heavy atom. The van der Waals surface area contributed by atoms with Gasteiger partial charge in [0.25, 0.3) is 0 Å². The predicted molar refractivity (Wildman–Crippen MR) is 66.6 cm³/mol. The largest absolute Gasteiger partial charge is 0.397 e. The van der Waals surface area contributed by atoms with Crippen LogP contribution >= 0.6 is 0 Å². The molecular formula is C9H13NO7S2. The van der Waals surface area contributed by atoms with Crippen LogP contribution in [0.1, 0.15) is 0 Å². The summed E-state index contributed by atoms with van der Waals surface area (Å²) in [7, 11) is -6.90. The number of hydrogen-bond acceptors (Lipinski definition) is 7. The van der Waals surface area contributed by atoms with Crippen molar-refractivity contribution >= 4 is 25.9 Å². The lowest BCUT2D eigenvalue weighted by Gasteiger charge is -2.06. The molecular weight excluding hydrogens is 298 g/mol. The molecule has 0 unspecified atom stereocenters. The Hall–Kier alpha value is -1.20. The van der Waals surface area contributed by atoms with Crippen LogP contribution < -0.4 is 5.48 Å². The van der Waals surface area contributed by atoms with Gasteiger partial charge in [-0.3, -0.25) is 14.9 Å². The Bertz CT molecular complexity index is 606. The Balaban J connectivity index is 2.72. The third-order valence-corrected chi connectivity index (χ3v) is 4.18. The fourth-order valence-corrected chi connectivity index (χ4v) is 2.70. The lowest BCUT2D eigenvalue weighted by Crippen LogP contribution is -2.15. The van der Waals surface area contributed by atoms with Crippen molar-refractivity contribution in [2.75, 3.05) is 24.9 Å². The summed E-state index contributed by atoms with van der Waals surface area (Å²) in [6, 6.07) is 5.65. The van der Waals surface area contributed by atoms with Crippen molar-refractivity contribution < 1.29 is 30.4 Å². The number of sulfone groups is 1. The Morgan fingerprint density at radius 3 is 2.21 bits per heavy atom. The van der Waals surface area contributed by atoms with E-state index in [1.807, 2.05) is 0 Å². The molecule has 0 radical (unpaired) electrons. The first-order valence-electron chi connectivity index (χ1n) is 4.98. The monoisotopic (exact) mass is 311 g/mol. The predicted octanol–water partition coefficient (Wildman–Crippen LogP) is 0.253. The second kappa shape index (κ2) is 6.30. The van der Waals surface area contributed by atoms with Crippen molar-refractivity contribution in [1.29, 1.82) is 0 Å². The Kier molecular flexibility index (Phi) is 5.26. The molecule has 1 rings (SSSR count). The van der Waals surface area contributed by atoms with Crippen LogP contribution in [0.4, 0.5) is 5.69 Å². The molecule has 1 aromatic carbocycles. The normalized spacial score (nSPS) is 12.3. The summed E-state index contributed by atoms with van der Waals surface area (Å²) in [5.41, 5.74) is 3.08. The SMILES string of the molecule is CONc1ccc(S(=O)(=O)CCOS(=O)(=O)O)cc1. The molecule has 0 aliphatic rings. The van der Waals surface area contributed by atoms with Crippen molar-refractivity contribution in [2.45, 2.75) is 4.90 Å². The minimum Gasteiger partial charge on any atom is -0.279 e. The van der Waals surface area contributed by atoms with E-state index in [9.17, 15) is 16.8 Å². The summed E-state index contributed by atoms with van der Waals surface area (Å²) in [5, 5.41) is 0. The highest BCUT2D eigenvalue weighted by atomic mass is 32.3. The van der Waals surface area contributed by atoms with Gasteiger partial charge in [-0.15, -0.1) is 0 Å². The molecule has 0 atom stereocenters. The lowest BCUT2D eigenvalue weighted by molar-refractivity contribution is 0.271. The molecule has 2 N–H and O–H groups in total. The molecule has 0 spiro atoms. The molecule has 10 heteroatoms. The summed E-state index contributed by atoms with van der Waals surface area (Å²) < 4.78 is 56.4. The van der Waals surface area contributed by atoms with Crippen molar-refractivity contribution in [1.82, 2.24) is 0 Å². The van der Waals surface area contributed by atoms with Crippen molar-refractivity contribution in [3.8, 4) is 0 Å². The van der Waals surface area contributed by atoms with Gasteiger partial charge in [-0.1, -0.05) is 0 Å². The van der Waals surface area contributed by atoms with Gasteiger partial charge in [0.15, 0.2) is 9.84 Å². The van der Waals surface area contributed by atoms with Gasteiger partial charge < -0.3 is 0 Å². The highest BCUT2D eigenvalue weighted by molar-refractivity contribution is 7.91. The molecule has 0 saturated carbocycles. The highest BCUT2D eigenvalue weighted by Gasteiger charge is 2.16. The molecule has 0 aliphatic heterocycles. The van der Waals surface area contributed by atoms with Crippen molar-refractivity contribution in [3.63, 3.8) is 0 Å². The van der Waals surface area contributed by atoms with Gasteiger partial charge in [0, 0.05) is 0 Å². The van der Waals surface area contributed by atoms with Gasteiger partial charge in [0.1, 0.15) is 0 Å². The third kappa shape index (κ3) is 5.53. The fourth-order valence-electron chi connectivity index (χ4n) is 1.22. The fraction of sp³-hybridized carbons (Fsp3) is 0.333. The number of benzene rings is 1. The van der Waals surface area contributed by atoms with Crippen LogP contribution in [0, 0.1) is 0 Å². The maximum atomic E-state index is 11.8. The first-order chi connectivity index (χ1) is 8.74. The first kappa shape index (κ1) is 15.9. The van der Waals surface area contributed by atoms with Gasteiger partial charge in [0.05, 0.1) is 30.1 Å². The van der Waals surface area contributed by atoms with E-state index in [2.05, 4.69) is 14.5 Å². The summed E-state index contributed by atoms with van der Waals surface area (Å²) in [6.45, 7) is -0.654. The van der Waals surface area contributed by atoms with Crippen LogP contribution in [0.15, 0.2) is 29.2 Å². The smallest absolute Gasteiger partial charge is 0.279 e. The second-order valence-corrected chi connectivity index (χ2v) is 6.60. The third-order valence-electron chi connectivity index (χ3n) is 2.02. The summed E-state index contributed by atoms with van der Waals surface area (Å²) in [6.07, 6.45) is 0. The van der Waals surface area contributed by atoms with Gasteiger partial charge in [-0.05, 0) is 24.3 Å². The highest BCUT2D eigenvalue weighted by Crippen LogP contribution is 2.15. The van der Waals surface area contributed by atoms with Crippen LogP contribution in [-0.4, -0.2) is 40.9 Å². The topological polar surface area (TPSA) is 119 Å². The standard InChI is InChI=1S/C9H13NO7S2/c1-16-10-8-2-4-9(5-3-8)18(11,12)7-6-17-19(13,14)15/h2-5,10H,6-7H2,1H3,(H,13,14,15). The van der Waals surface area contributed by atoms with E-state index >= 15 is 0 Å². The van der Waals surface area contributed by atoms with Crippen LogP contribution in [0.2, 0.25) is 0 Å². The zero-order valence-electron chi connectivity index (χ0n) is 9.94. The minimum absolute atomic E-state index is 0.00749. The first-order valence-corrected chi connectivity index (χ1v) is 8.00. The molecule has 19 heavy (non-hydrogen) atoms. The molecule has 1 aromatic rings. The van der Waals surface area contributed by atoms with Gasteiger partial charge in [0.2, 0.25) is 0 Å². The van der Waals surface area contributed by atoms with E-state index in [1.54, 1.807) is 0 Å². The molecule has 8 nitrogen and oxygen atoms in total. The van der Waals surface area contributed by atoms with E-state index < -0.39 is 32.6 Å². The number of hydrogen-bond donors (Lipinski definition) is 2. The Morgan fingerprint density at radius 2 is 1.74 bits per heavy atom. The van der Waals surface area contributed by atoms with E-state index in [0.29, 0.717) is 5.69 Å². The Labute approximate surface area is 111 Å². The average Bonchev–Trinajstić information content (AvgIpc) is 2.28. The van der Waals surface area contributed by atoms with Crippen molar-refractivity contribution in [3.05, 3.63) is 24.3 Å². The maximum Gasteiger partial charge on any atom is 0.397 e. The van der Waals surface area contributed by atoms with Crippen LogP contribution in [-0.2, 0) is 29.3 Å². The maximum absolute atomic E-state index is 11.8. The van der Waals surface area contributed by atoms with Crippen LogP contribution in [0.3, 0.4) is 0 Å².